The number of aromatic nitrogens is 2. The van der Waals surface area contributed by atoms with E-state index in [4.69, 9.17) is 23.2 Å². The van der Waals surface area contributed by atoms with Crippen molar-refractivity contribution in [3.63, 3.8) is 0 Å². The zero-order chi connectivity index (χ0) is 17.7. The van der Waals surface area contributed by atoms with Crippen LogP contribution >= 0.6 is 23.2 Å². The highest BCUT2D eigenvalue weighted by molar-refractivity contribution is 6.36. The topological polar surface area (TPSA) is 66.9 Å². The smallest absolute Gasteiger partial charge is 0.270 e. The van der Waals surface area contributed by atoms with E-state index in [-0.39, 0.29) is 5.91 Å². The number of hydrogen-bond acceptors (Lipinski definition) is 4. The van der Waals surface area contributed by atoms with Crippen LogP contribution in [0.2, 0.25) is 10.0 Å². The first-order valence-electron chi connectivity index (χ1n) is 7.71. The van der Waals surface area contributed by atoms with Gasteiger partial charge in [-0.2, -0.15) is 0 Å². The van der Waals surface area contributed by atoms with Gasteiger partial charge >= 0.3 is 0 Å². The molecule has 0 radical (unpaired) electrons. The van der Waals surface area contributed by atoms with Crippen molar-refractivity contribution in [2.45, 2.75) is 27.2 Å². The van der Waals surface area contributed by atoms with Crippen molar-refractivity contribution < 1.29 is 4.79 Å². The summed E-state index contributed by atoms with van der Waals surface area (Å²) >= 11 is 12.0. The summed E-state index contributed by atoms with van der Waals surface area (Å²) < 4.78 is 0. The molecule has 1 amide bonds. The van der Waals surface area contributed by atoms with Crippen molar-refractivity contribution in [1.82, 2.24) is 15.3 Å². The van der Waals surface area contributed by atoms with E-state index in [1.165, 1.54) is 0 Å². The number of benzene rings is 1. The van der Waals surface area contributed by atoms with Crippen molar-refractivity contribution in [2.75, 3.05) is 11.9 Å². The summed E-state index contributed by atoms with van der Waals surface area (Å²) in [5, 5.41) is 6.88. The summed E-state index contributed by atoms with van der Waals surface area (Å²) in [5.74, 6) is 0.626. The maximum absolute atomic E-state index is 12.2. The van der Waals surface area contributed by atoms with Gasteiger partial charge in [0.15, 0.2) is 0 Å². The minimum atomic E-state index is -0.216. The van der Waals surface area contributed by atoms with Crippen molar-refractivity contribution in [3.05, 3.63) is 45.7 Å². The lowest BCUT2D eigenvalue weighted by Crippen LogP contribution is -2.26. The van der Waals surface area contributed by atoms with Crippen LogP contribution in [0.15, 0.2) is 24.3 Å². The Morgan fingerprint density at radius 1 is 1.21 bits per heavy atom. The van der Waals surface area contributed by atoms with E-state index in [1.807, 2.05) is 0 Å². The molecule has 0 unspecified atom stereocenters. The second-order valence-electron chi connectivity index (χ2n) is 5.91. The molecule has 1 aromatic carbocycles. The highest BCUT2D eigenvalue weighted by atomic mass is 35.5. The molecule has 24 heavy (non-hydrogen) atoms. The molecule has 7 heteroatoms. The Hall–Kier alpha value is -1.85. The SMILES string of the molecule is Cc1cc(C(=O)NCCC(C)C)nc(Nc2ccc(Cl)cc2Cl)n1. The molecule has 0 saturated heterocycles. The number of anilines is 2. The van der Waals surface area contributed by atoms with Crippen molar-refractivity contribution in [3.8, 4) is 0 Å². The quantitative estimate of drug-likeness (QED) is 0.782. The average molecular weight is 367 g/mol. The van der Waals surface area contributed by atoms with Gasteiger partial charge in [0, 0.05) is 17.3 Å². The summed E-state index contributed by atoms with van der Waals surface area (Å²) in [5.41, 5.74) is 1.63. The second kappa shape index (κ2) is 8.31. The molecule has 2 N–H and O–H groups in total. The number of amides is 1. The Balaban J connectivity index is 2.14. The number of carbonyl (C=O) groups is 1. The van der Waals surface area contributed by atoms with E-state index in [2.05, 4.69) is 34.4 Å². The minimum absolute atomic E-state index is 0.216. The molecule has 0 fully saturated rings. The van der Waals surface area contributed by atoms with Crippen LogP contribution in [-0.2, 0) is 0 Å². The van der Waals surface area contributed by atoms with E-state index in [0.29, 0.717) is 45.5 Å². The molecule has 0 spiro atoms. The lowest BCUT2D eigenvalue weighted by molar-refractivity contribution is 0.0947. The Bertz CT molecular complexity index is 735. The molecule has 0 aliphatic heterocycles. The van der Waals surface area contributed by atoms with Gasteiger partial charge in [-0.05, 0) is 43.5 Å². The fourth-order valence-corrected chi connectivity index (χ4v) is 2.47. The van der Waals surface area contributed by atoms with E-state index in [9.17, 15) is 4.79 Å². The maximum Gasteiger partial charge on any atom is 0.270 e. The van der Waals surface area contributed by atoms with Crippen molar-refractivity contribution in [2.24, 2.45) is 5.92 Å². The van der Waals surface area contributed by atoms with Gasteiger partial charge in [-0.1, -0.05) is 37.0 Å². The molecule has 5 nitrogen and oxygen atoms in total. The predicted octanol–water partition coefficient (Wildman–Crippen LogP) is 4.61. The number of nitrogens with one attached hydrogen (secondary N) is 2. The number of rotatable bonds is 6. The Kier molecular flexibility index (Phi) is 6.40. The lowest BCUT2D eigenvalue weighted by atomic mass is 10.1. The van der Waals surface area contributed by atoms with E-state index in [0.717, 1.165) is 6.42 Å². The van der Waals surface area contributed by atoms with Crippen molar-refractivity contribution in [1.29, 1.82) is 0 Å². The first-order chi connectivity index (χ1) is 11.3. The van der Waals surface area contributed by atoms with Gasteiger partial charge in [0.1, 0.15) is 5.69 Å². The first kappa shape index (κ1) is 18.5. The standard InChI is InChI=1S/C17H20Cl2N4O/c1-10(2)6-7-20-16(24)15-8-11(3)21-17(23-15)22-14-5-4-12(18)9-13(14)19/h4-5,8-10H,6-7H2,1-3H3,(H,20,24)(H,21,22,23). The number of hydrogen-bond donors (Lipinski definition) is 2. The summed E-state index contributed by atoms with van der Waals surface area (Å²) in [6.45, 7) is 6.64. The third-order valence-corrected chi connectivity index (χ3v) is 3.82. The minimum Gasteiger partial charge on any atom is -0.351 e. The summed E-state index contributed by atoms with van der Waals surface area (Å²) in [6.07, 6.45) is 0.918. The summed E-state index contributed by atoms with van der Waals surface area (Å²) in [4.78, 5) is 20.8. The predicted molar refractivity (Wildman–Crippen MR) is 98.3 cm³/mol. The van der Waals surface area contributed by atoms with Crippen LogP contribution in [0.1, 0.15) is 36.5 Å². The monoisotopic (exact) mass is 366 g/mol. The number of halogens is 2. The third kappa shape index (κ3) is 5.35. The van der Waals surface area contributed by atoms with Gasteiger partial charge in [-0.15, -0.1) is 0 Å². The molecule has 0 bridgehead atoms. The first-order valence-corrected chi connectivity index (χ1v) is 8.46. The van der Waals surface area contributed by atoms with Gasteiger partial charge in [-0.3, -0.25) is 4.79 Å². The molecule has 0 saturated carbocycles. The zero-order valence-corrected chi connectivity index (χ0v) is 15.4. The molecule has 0 atom stereocenters. The molecular formula is C17H20Cl2N4O. The highest BCUT2D eigenvalue weighted by Gasteiger charge is 2.11. The van der Waals surface area contributed by atoms with Crippen LogP contribution in [0.5, 0.6) is 0 Å². The maximum atomic E-state index is 12.2. The van der Waals surface area contributed by atoms with E-state index in [1.54, 1.807) is 31.2 Å². The van der Waals surface area contributed by atoms with Gasteiger partial charge in [0.25, 0.3) is 5.91 Å². The Morgan fingerprint density at radius 2 is 1.96 bits per heavy atom. The third-order valence-electron chi connectivity index (χ3n) is 3.27. The van der Waals surface area contributed by atoms with E-state index >= 15 is 0 Å². The molecule has 2 rings (SSSR count). The molecule has 128 valence electrons. The Morgan fingerprint density at radius 3 is 2.62 bits per heavy atom. The molecular weight excluding hydrogens is 347 g/mol. The van der Waals surface area contributed by atoms with Crippen molar-refractivity contribution >= 4 is 40.7 Å². The molecule has 1 aromatic heterocycles. The molecule has 1 heterocycles. The second-order valence-corrected chi connectivity index (χ2v) is 6.75. The van der Waals surface area contributed by atoms with Gasteiger partial charge in [0.2, 0.25) is 5.95 Å². The van der Waals surface area contributed by atoms with Gasteiger partial charge in [0.05, 0.1) is 10.7 Å². The fraction of sp³-hybridized carbons (Fsp3) is 0.353. The van der Waals surface area contributed by atoms with Crippen LogP contribution in [0.3, 0.4) is 0 Å². The number of carbonyl (C=O) groups excluding carboxylic acids is 1. The van der Waals surface area contributed by atoms with Crippen LogP contribution in [0.25, 0.3) is 0 Å². The number of nitrogens with zero attached hydrogens (tertiary/aromatic N) is 2. The normalized spacial score (nSPS) is 10.8. The van der Waals surface area contributed by atoms with Crippen LogP contribution < -0.4 is 10.6 Å². The lowest BCUT2D eigenvalue weighted by Gasteiger charge is -2.10. The summed E-state index contributed by atoms with van der Waals surface area (Å²) in [7, 11) is 0. The molecule has 0 aliphatic carbocycles. The Labute approximate surface area is 151 Å². The summed E-state index contributed by atoms with van der Waals surface area (Å²) in [6, 6.07) is 6.73. The zero-order valence-electron chi connectivity index (χ0n) is 13.9. The van der Waals surface area contributed by atoms with Crippen LogP contribution in [0.4, 0.5) is 11.6 Å². The molecule has 0 aliphatic rings. The van der Waals surface area contributed by atoms with Gasteiger partial charge < -0.3 is 10.6 Å². The van der Waals surface area contributed by atoms with Gasteiger partial charge in [-0.25, -0.2) is 9.97 Å². The number of aryl methyl sites for hydroxylation is 1. The van der Waals surface area contributed by atoms with E-state index < -0.39 is 0 Å². The van der Waals surface area contributed by atoms with Crippen LogP contribution in [-0.4, -0.2) is 22.4 Å². The average Bonchev–Trinajstić information content (AvgIpc) is 2.49. The molecule has 2 aromatic rings. The van der Waals surface area contributed by atoms with Crippen LogP contribution in [0, 0.1) is 12.8 Å². The largest absolute Gasteiger partial charge is 0.351 e. The highest BCUT2D eigenvalue weighted by Crippen LogP contribution is 2.27. The fourth-order valence-electron chi connectivity index (χ4n) is 2.02.